The molecule has 25 heavy (non-hydrogen) atoms. The largest absolute Gasteiger partial charge is 0.348 e. The van der Waals surface area contributed by atoms with Crippen molar-refractivity contribution >= 4 is 5.91 Å². The minimum Gasteiger partial charge on any atom is -0.348 e. The fourth-order valence-corrected chi connectivity index (χ4v) is 2.59. The van der Waals surface area contributed by atoms with Crippen LogP contribution in [0.3, 0.4) is 0 Å². The van der Waals surface area contributed by atoms with E-state index in [1.165, 1.54) is 5.56 Å². The SMILES string of the molecule is CC(C)(C)n1ccc(C(=O)NCc2cnn(Cc3ccccc3)c2)c1. The van der Waals surface area contributed by atoms with Crippen molar-refractivity contribution in [3.05, 3.63) is 77.9 Å². The molecule has 5 heteroatoms. The number of hydrogen-bond donors (Lipinski definition) is 1. The van der Waals surface area contributed by atoms with Crippen LogP contribution in [0.5, 0.6) is 0 Å². The molecule has 1 aromatic carbocycles. The molecular formula is C20H24N4O. The van der Waals surface area contributed by atoms with Crippen molar-refractivity contribution in [3.63, 3.8) is 0 Å². The average Bonchev–Trinajstić information content (AvgIpc) is 3.23. The Bertz CT molecular complexity index is 840. The normalized spacial score (nSPS) is 11.5. The molecule has 0 fully saturated rings. The third-order valence-corrected chi connectivity index (χ3v) is 4.06. The summed E-state index contributed by atoms with van der Waals surface area (Å²) in [6.45, 7) is 7.51. The van der Waals surface area contributed by atoms with Gasteiger partial charge in [-0.15, -0.1) is 0 Å². The molecular weight excluding hydrogens is 312 g/mol. The van der Waals surface area contributed by atoms with E-state index in [2.05, 4.69) is 43.3 Å². The molecule has 0 radical (unpaired) electrons. The fraction of sp³-hybridized carbons (Fsp3) is 0.300. The summed E-state index contributed by atoms with van der Waals surface area (Å²) in [4.78, 5) is 12.3. The van der Waals surface area contributed by atoms with Gasteiger partial charge in [0.05, 0.1) is 18.3 Å². The van der Waals surface area contributed by atoms with Gasteiger partial charge in [-0.25, -0.2) is 0 Å². The van der Waals surface area contributed by atoms with Gasteiger partial charge in [0.1, 0.15) is 0 Å². The fourth-order valence-electron chi connectivity index (χ4n) is 2.59. The van der Waals surface area contributed by atoms with E-state index >= 15 is 0 Å². The summed E-state index contributed by atoms with van der Waals surface area (Å²) in [6.07, 6.45) is 7.58. The van der Waals surface area contributed by atoms with Gasteiger partial charge < -0.3 is 9.88 Å². The van der Waals surface area contributed by atoms with Gasteiger partial charge in [0.25, 0.3) is 5.91 Å². The van der Waals surface area contributed by atoms with Gasteiger partial charge in [-0.1, -0.05) is 30.3 Å². The third-order valence-electron chi connectivity index (χ3n) is 4.06. The molecule has 0 spiro atoms. The zero-order valence-corrected chi connectivity index (χ0v) is 14.9. The molecule has 2 heterocycles. The molecule has 0 aliphatic carbocycles. The second-order valence-corrected chi connectivity index (χ2v) is 7.19. The average molecular weight is 336 g/mol. The first kappa shape index (κ1) is 17.0. The summed E-state index contributed by atoms with van der Waals surface area (Å²) >= 11 is 0. The van der Waals surface area contributed by atoms with Crippen LogP contribution in [0.2, 0.25) is 0 Å². The predicted octanol–water partition coefficient (Wildman–Crippen LogP) is 3.42. The van der Waals surface area contributed by atoms with Crippen molar-refractivity contribution in [1.29, 1.82) is 0 Å². The number of amides is 1. The number of nitrogens with zero attached hydrogens (tertiary/aromatic N) is 3. The molecule has 0 saturated heterocycles. The number of carbonyl (C=O) groups is 1. The van der Waals surface area contributed by atoms with Gasteiger partial charge in [0, 0.05) is 36.2 Å². The van der Waals surface area contributed by atoms with Crippen LogP contribution < -0.4 is 5.32 Å². The smallest absolute Gasteiger partial charge is 0.253 e. The van der Waals surface area contributed by atoms with Crippen LogP contribution in [0, 0.1) is 0 Å². The Balaban J connectivity index is 1.57. The number of nitrogens with one attached hydrogen (secondary N) is 1. The predicted molar refractivity (Wildman–Crippen MR) is 98.4 cm³/mol. The van der Waals surface area contributed by atoms with E-state index in [-0.39, 0.29) is 11.4 Å². The molecule has 0 saturated carbocycles. The summed E-state index contributed by atoms with van der Waals surface area (Å²) in [5, 5.41) is 7.31. The van der Waals surface area contributed by atoms with Gasteiger partial charge in [-0.3, -0.25) is 9.48 Å². The van der Waals surface area contributed by atoms with Crippen LogP contribution in [-0.4, -0.2) is 20.3 Å². The minimum absolute atomic E-state index is 0.0306. The highest BCUT2D eigenvalue weighted by Crippen LogP contribution is 2.15. The van der Waals surface area contributed by atoms with Gasteiger partial charge in [-0.2, -0.15) is 5.10 Å². The van der Waals surface area contributed by atoms with Gasteiger partial charge >= 0.3 is 0 Å². The van der Waals surface area contributed by atoms with Crippen molar-refractivity contribution in [2.45, 2.75) is 39.4 Å². The maximum absolute atomic E-state index is 12.3. The van der Waals surface area contributed by atoms with Crippen molar-refractivity contribution in [1.82, 2.24) is 19.7 Å². The van der Waals surface area contributed by atoms with Crippen LogP contribution in [0.1, 0.15) is 42.3 Å². The van der Waals surface area contributed by atoms with Crippen LogP contribution in [0.15, 0.2) is 61.2 Å². The molecule has 130 valence electrons. The maximum atomic E-state index is 12.3. The maximum Gasteiger partial charge on any atom is 0.253 e. The lowest BCUT2D eigenvalue weighted by Crippen LogP contribution is -2.23. The highest BCUT2D eigenvalue weighted by Gasteiger charge is 2.15. The van der Waals surface area contributed by atoms with E-state index in [0.29, 0.717) is 12.1 Å². The second kappa shape index (κ2) is 6.97. The topological polar surface area (TPSA) is 51.9 Å². The van der Waals surface area contributed by atoms with E-state index in [0.717, 1.165) is 12.1 Å². The first-order chi connectivity index (χ1) is 11.9. The summed E-state index contributed by atoms with van der Waals surface area (Å²) in [5.74, 6) is -0.0705. The molecule has 5 nitrogen and oxygen atoms in total. The Kier molecular flexibility index (Phi) is 4.74. The van der Waals surface area contributed by atoms with Gasteiger partial charge in [-0.05, 0) is 32.4 Å². The minimum atomic E-state index is -0.0705. The molecule has 3 rings (SSSR count). The number of rotatable bonds is 5. The van der Waals surface area contributed by atoms with E-state index < -0.39 is 0 Å². The molecule has 1 amide bonds. The molecule has 0 aliphatic rings. The van der Waals surface area contributed by atoms with Crippen LogP contribution in [0.4, 0.5) is 0 Å². The molecule has 0 aliphatic heterocycles. The zero-order chi connectivity index (χ0) is 17.9. The van der Waals surface area contributed by atoms with E-state index in [9.17, 15) is 4.79 Å². The number of benzene rings is 1. The molecule has 2 aromatic heterocycles. The second-order valence-electron chi connectivity index (χ2n) is 7.19. The zero-order valence-electron chi connectivity index (χ0n) is 14.9. The Morgan fingerprint density at radius 1 is 1.08 bits per heavy atom. The lowest BCUT2D eigenvalue weighted by atomic mass is 10.1. The Labute approximate surface area is 148 Å². The Morgan fingerprint density at radius 2 is 1.84 bits per heavy atom. The lowest BCUT2D eigenvalue weighted by molar-refractivity contribution is 0.0950. The highest BCUT2D eigenvalue weighted by atomic mass is 16.1. The molecule has 0 unspecified atom stereocenters. The highest BCUT2D eigenvalue weighted by molar-refractivity contribution is 5.93. The first-order valence-electron chi connectivity index (χ1n) is 8.44. The van der Waals surface area contributed by atoms with Crippen LogP contribution >= 0.6 is 0 Å². The van der Waals surface area contributed by atoms with Crippen molar-refractivity contribution in [2.24, 2.45) is 0 Å². The van der Waals surface area contributed by atoms with Crippen LogP contribution in [-0.2, 0) is 18.6 Å². The third kappa shape index (κ3) is 4.38. The molecule has 0 bridgehead atoms. The summed E-state index contributed by atoms with van der Waals surface area (Å²) in [5.41, 5.74) is 2.83. The van der Waals surface area contributed by atoms with Gasteiger partial charge in [0.2, 0.25) is 0 Å². The van der Waals surface area contributed by atoms with E-state index in [4.69, 9.17) is 0 Å². The van der Waals surface area contributed by atoms with Crippen molar-refractivity contribution in [2.75, 3.05) is 0 Å². The first-order valence-corrected chi connectivity index (χ1v) is 8.44. The molecule has 1 N–H and O–H groups in total. The standard InChI is InChI=1S/C20H24N4O/c1-20(2,3)23-10-9-18(15-23)19(25)21-11-17-12-22-24(14-17)13-16-7-5-4-6-8-16/h4-10,12,14-15H,11,13H2,1-3H3,(H,21,25). The molecule has 0 atom stereocenters. The summed E-state index contributed by atoms with van der Waals surface area (Å²) in [6, 6.07) is 12.0. The number of hydrogen-bond acceptors (Lipinski definition) is 2. The summed E-state index contributed by atoms with van der Waals surface area (Å²) < 4.78 is 3.92. The quantitative estimate of drug-likeness (QED) is 0.776. The number of carbonyl (C=O) groups excluding carboxylic acids is 1. The van der Waals surface area contributed by atoms with E-state index in [1.54, 1.807) is 6.20 Å². The van der Waals surface area contributed by atoms with Crippen molar-refractivity contribution in [3.8, 4) is 0 Å². The summed E-state index contributed by atoms with van der Waals surface area (Å²) in [7, 11) is 0. The molecule has 3 aromatic rings. The monoisotopic (exact) mass is 336 g/mol. The number of aromatic nitrogens is 3. The van der Waals surface area contributed by atoms with Crippen molar-refractivity contribution < 1.29 is 4.79 Å². The van der Waals surface area contributed by atoms with E-state index in [1.807, 2.05) is 52.1 Å². The van der Waals surface area contributed by atoms with Crippen LogP contribution in [0.25, 0.3) is 0 Å². The van der Waals surface area contributed by atoms with Gasteiger partial charge in [0.15, 0.2) is 0 Å². The lowest BCUT2D eigenvalue weighted by Gasteiger charge is -2.20. The Hall–Kier alpha value is -2.82. The Morgan fingerprint density at radius 3 is 2.52 bits per heavy atom.